The number of piperazine rings is 1. The average molecular weight is 432 g/mol. The molecule has 1 aromatic rings. The van der Waals surface area contributed by atoms with Gasteiger partial charge in [-0.25, -0.2) is 4.79 Å². The molecule has 0 radical (unpaired) electrons. The lowest BCUT2D eigenvalue weighted by Crippen LogP contribution is -2.53. The number of halogens is 3. The number of urea groups is 1. The van der Waals surface area contributed by atoms with Crippen LogP contribution in [0.15, 0.2) is 29.2 Å². The fourth-order valence-electron chi connectivity index (χ4n) is 3.19. The Morgan fingerprint density at radius 3 is 2.38 bits per heavy atom. The fraction of sp³-hybridized carbons (Fsp3) is 0.556. The van der Waals surface area contributed by atoms with Crippen LogP contribution in [0.25, 0.3) is 0 Å². The summed E-state index contributed by atoms with van der Waals surface area (Å²) in [6.07, 6.45) is 0. The second-order valence-corrected chi connectivity index (χ2v) is 7.90. The number of thioether (sulfide) groups is 1. The summed E-state index contributed by atoms with van der Waals surface area (Å²) >= 11 is -0.220. The lowest BCUT2D eigenvalue weighted by atomic mass is 10.3. The SMILES string of the molecule is O=C(CN1CCN(C(=O)Nc2cccc(SC(F)(F)F)c2)CC1)N1CCOCC1. The van der Waals surface area contributed by atoms with Gasteiger partial charge < -0.3 is 19.9 Å². The lowest BCUT2D eigenvalue weighted by Gasteiger charge is -2.36. The van der Waals surface area contributed by atoms with Gasteiger partial charge in [0.1, 0.15) is 0 Å². The van der Waals surface area contributed by atoms with Crippen LogP contribution in [0, 0.1) is 0 Å². The van der Waals surface area contributed by atoms with E-state index < -0.39 is 5.51 Å². The standard InChI is InChI=1S/C18H23F3N4O3S/c19-18(20,21)29-15-3-1-2-14(12-15)22-17(27)25-6-4-23(5-7-25)13-16(26)24-8-10-28-11-9-24/h1-3,12H,4-11,13H2,(H,22,27). The van der Waals surface area contributed by atoms with Crippen LogP contribution in [-0.4, -0.2) is 91.2 Å². The number of benzene rings is 1. The summed E-state index contributed by atoms with van der Waals surface area (Å²) in [5.41, 5.74) is -4.06. The van der Waals surface area contributed by atoms with E-state index in [0.29, 0.717) is 64.7 Å². The zero-order chi connectivity index (χ0) is 20.9. The second-order valence-electron chi connectivity index (χ2n) is 6.76. The molecule has 0 saturated carbocycles. The second kappa shape index (κ2) is 9.68. The fourth-order valence-corrected chi connectivity index (χ4v) is 3.79. The summed E-state index contributed by atoms with van der Waals surface area (Å²) in [7, 11) is 0. The quantitative estimate of drug-likeness (QED) is 0.740. The number of ether oxygens (including phenoxy) is 1. The monoisotopic (exact) mass is 432 g/mol. The molecule has 1 aromatic carbocycles. The first kappa shape index (κ1) is 21.7. The van der Waals surface area contributed by atoms with Crippen LogP contribution < -0.4 is 5.32 Å². The number of amides is 3. The van der Waals surface area contributed by atoms with Crippen LogP contribution in [0.1, 0.15) is 0 Å². The summed E-state index contributed by atoms with van der Waals surface area (Å²) in [5.74, 6) is 0.0604. The maximum Gasteiger partial charge on any atom is 0.446 e. The number of alkyl halides is 3. The van der Waals surface area contributed by atoms with Crippen LogP contribution >= 0.6 is 11.8 Å². The van der Waals surface area contributed by atoms with Crippen molar-refractivity contribution in [3.05, 3.63) is 24.3 Å². The van der Waals surface area contributed by atoms with Gasteiger partial charge in [-0.15, -0.1) is 0 Å². The molecule has 7 nitrogen and oxygen atoms in total. The van der Waals surface area contributed by atoms with E-state index in [4.69, 9.17) is 4.74 Å². The highest BCUT2D eigenvalue weighted by atomic mass is 32.2. The summed E-state index contributed by atoms with van der Waals surface area (Å²) < 4.78 is 42.8. The minimum atomic E-state index is -4.38. The molecule has 2 heterocycles. The minimum absolute atomic E-state index is 0.0155. The molecule has 0 aromatic heterocycles. The van der Waals surface area contributed by atoms with E-state index in [2.05, 4.69) is 5.32 Å². The van der Waals surface area contributed by atoms with E-state index in [9.17, 15) is 22.8 Å². The molecule has 0 bridgehead atoms. The zero-order valence-corrected chi connectivity index (χ0v) is 16.6. The van der Waals surface area contributed by atoms with Crippen molar-refractivity contribution in [2.75, 3.05) is 64.3 Å². The molecule has 3 rings (SSSR count). The number of carbonyl (C=O) groups is 2. The predicted octanol–water partition coefficient (Wildman–Crippen LogP) is 2.31. The maximum absolute atomic E-state index is 12.5. The van der Waals surface area contributed by atoms with Gasteiger partial charge in [0.2, 0.25) is 5.91 Å². The molecule has 3 amide bonds. The average Bonchev–Trinajstić information content (AvgIpc) is 2.68. The number of hydrogen-bond acceptors (Lipinski definition) is 5. The van der Waals surface area contributed by atoms with Gasteiger partial charge in [-0.1, -0.05) is 6.07 Å². The Bertz CT molecular complexity index is 721. The molecule has 29 heavy (non-hydrogen) atoms. The van der Waals surface area contributed by atoms with Crippen LogP contribution in [0.3, 0.4) is 0 Å². The van der Waals surface area contributed by atoms with Crippen molar-refractivity contribution in [3.63, 3.8) is 0 Å². The lowest BCUT2D eigenvalue weighted by molar-refractivity contribution is -0.136. The Morgan fingerprint density at radius 2 is 1.72 bits per heavy atom. The van der Waals surface area contributed by atoms with E-state index in [-0.39, 0.29) is 28.6 Å². The first-order valence-electron chi connectivity index (χ1n) is 9.30. The summed E-state index contributed by atoms with van der Waals surface area (Å²) in [6, 6.07) is 5.30. The van der Waals surface area contributed by atoms with E-state index in [0.717, 1.165) is 0 Å². The number of hydrogen-bond donors (Lipinski definition) is 1. The van der Waals surface area contributed by atoms with Crippen molar-refractivity contribution in [2.45, 2.75) is 10.4 Å². The molecule has 2 aliphatic heterocycles. The maximum atomic E-state index is 12.5. The molecule has 0 unspecified atom stereocenters. The van der Waals surface area contributed by atoms with Gasteiger partial charge in [-0.05, 0) is 30.0 Å². The van der Waals surface area contributed by atoms with Gasteiger partial charge in [-0.3, -0.25) is 9.69 Å². The van der Waals surface area contributed by atoms with Gasteiger partial charge in [0.05, 0.1) is 19.8 Å². The zero-order valence-electron chi connectivity index (χ0n) is 15.8. The number of carbonyl (C=O) groups excluding carboxylic acids is 2. The number of nitrogens with one attached hydrogen (secondary N) is 1. The number of nitrogens with zero attached hydrogens (tertiary/aromatic N) is 3. The van der Waals surface area contributed by atoms with Crippen molar-refractivity contribution in [3.8, 4) is 0 Å². The van der Waals surface area contributed by atoms with Crippen LogP contribution in [0.5, 0.6) is 0 Å². The van der Waals surface area contributed by atoms with Crippen molar-refractivity contribution >= 4 is 29.4 Å². The summed E-state index contributed by atoms with van der Waals surface area (Å²) in [4.78, 5) is 30.1. The topological polar surface area (TPSA) is 65.1 Å². The molecule has 2 aliphatic rings. The molecule has 0 spiro atoms. The third-order valence-electron chi connectivity index (χ3n) is 4.70. The van der Waals surface area contributed by atoms with Gasteiger partial charge in [0, 0.05) is 49.9 Å². The summed E-state index contributed by atoms with van der Waals surface area (Å²) in [5, 5.41) is 2.64. The van der Waals surface area contributed by atoms with Gasteiger partial charge in [0.15, 0.2) is 0 Å². The minimum Gasteiger partial charge on any atom is -0.378 e. The van der Waals surface area contributed by atoms with E-state index in [1.54, 1.807) is 15.9 Å². The Morgan fingerprint density at radius 1 is 1.03 bits per heavy atom. The van der Waals surface area contributed by atoms with E-state index in [1.807, 2.05) is 4.90 Å². The smallest absolute Gasteiger partial charge is 0.378 e. The molecule has 160 valence electrons. The normalized spacial score (nSPS) is 18.6. The molecule has 0 aliphatic carbocycles. The molecule has 11 heteroatoms. The van der Waals surface area contributed by atoms with Crippen molar-refractivity contribution in [1.82, 2.24) is 14.7 Å². The Balaban J connectivity index is 1.45. The Hall–Kier alpha value is -1.98. The highest BCUT2D eigenvalue weighted by Crippen LogP contribution is 2.37. The van der Waals surface area contributed by atoms with Crippen LogP contribution in [0.2, 0.25) is 0 Å². The Labute approximate surface area is 171 Å². The van der Waals surface area contributed by atoms with Crippen LogP contribution in [-0.2, 0) is 9.53 Å². The molecular weight excluding hydrogens is 409 g/mol. The predicted molar refractivity (Wildman–Crippen MR) is 103 cm³/mol. The van der Waals surface area contributed by atoms with Gasteiger partial charge in [0.25, 0.3) is 0 Å². The van der Waals surface area contributed by atoms with Crippen molar-refractivity contribution in [2.24, 2.45) is 0 Å². The highest BCUT2D eigenvalue weighted by Gasteiger charge is 2.29. The van der Waals surface area contributed by atoms with Crippen molar-refractivity contribution < 1.29 is 27.5 Å². The Kier molecular flexibility index (Phi) is 7.25. The first-order valence-corrected chi connectivity index (χ1v) is 10.1. The number of anilines is 1. The number of rotatable bonds is 4. The first-order chi connectivity index (χ1) is 13.8. The van der Waals surface area contributed by atoms with Gasteiger partial charge >= 0.3 is 11.5 Å². The molecule has 2 saturated heterocycles. The molecule has 0 atom stereocenters. The largest absolute Gasteiger partial charge is 0.446 e. The highest BCUT2D eigenvalue weighted by molar-refractivity contribution is 8.00. The summed E-state index contributed by atoms with van der Waals surface area (Å²) in [6.45, 7) is 4.65. The van der Waals surface area contributed by atoms with Crippen molar-refractivity contribution in [1.29, 1.82) is 0 Å². The van der Waals surface area contributed by atoms with Crippen LogP contribution in [0.4, 0.5) is 23.7 Å². The number of morpholine rings is 1. The van der Waals surface area contributed by atoms with E-state index >= 15 is 0 Å². The van der Waals surface area contributed by atoms with Gasteiger partial charge in [-0.2, -0.15) is 13.2 Å². The third-order valence-corrected chi connectivity index (χ3v) is 5.42. The molecule has 2 fully saturated rings. The molecule has 1 N–H and O–H groups in total. The van der Waals surface area contributed by atoms with E-state index in [1.165, 1.54) is 18.2 Å². The molecular formula is C18H23F3N4O3S. The third kappa shape index (κ3) is 6.79.